The van der Waals surface area contributed by atoms with E-state index in [2.05, 4.69) is 4.98 Å². The SMILES string of the molecule is CC(C)(C)OC(=O)n1c(B(O)O)cc2cnccc21. The third-order valence-corrected chi connectivity index (χ3v) is 2.47. The number of aromatic nitrogens is 2. The fourth-order valence-corrected chi connectivity index (χ4v) is 1.78. The van der Waals surface area contributed by atoms with Gasteiger partial charge in [0.15, 0.2) is 0 Å². The minimum Gasteiger partial charge on any atom is -0.443 e. The summed E-state index contributed by atoms with van der Waals surface area (Å²) in [7, 11) is -1.76. The maximum absolute atomic E-state index is 12.2. The third kappa shape index (κ3) is 2.77. The van der Waals surface area contributed by atoms with Crippen molar-refractivity contribution in [2.45, 2.75) is 26.4 Å². The van der Waals surface area contributed by atoms with Gasteiger partial charge in [0.2, 0.25) is 0 Å². The molecule has 0 fully saturated rings. The van der Waals surface area contributed by atoms with Gasteiger partial charge in [-0.3, -0.25) is 9.55 Å². The molecule has 0 radical (unpaired) electrons. The quantitative estimate of drug-likeness (QED) is 0.731. The van der Waals surface area contributed by atoms with Gasteiger partial charge in [-0.05, 0) is 32.9 Å². The maximum atomic E-state index is 12.2. The standard InChI is InChI=1S/C12H15BN2O4/c1-12(2,3)19-11(16)15-9-4-5-14-7-8(9)6-10(15)13(17)18/h4-7,17-18H,1-3H3. The van der Waals surface area contributed by atoms with Gasteiger partial charge in [0.1, 0.15) is 5.60 Å². The molecule has 0 amide bonds. The highest BCUT2D eigenvalue weighted by atomic mass is 16.6. The van der Waals surface area contributed by atoms with E-state index < -0.39 is 18.8 Å². The van der Waals surface area contributed by atoms with Gasteiger partial charge in [0, 0.05) is 17.8 Å². The molecule has 19 heavy (non-hydrogen) atoms. The Labute approximate surface area is 110 Å². The highest BCUT2D eigenvalue weighted by Crippen LogP contribution is 2.16. The van der Waals surface area contributed by atoms with Crippen molar-refractivity contribution in [1.29, 1.82) is 0 Å². The monoisotopic (exact) mass is 262 g/mol. The Morgan fingerprint density at radius 1 is 1.42 bits per heavy atom. The summed E-state index contributed by atoms with van der Waals surface area (Å²) >= 11 is 0. The van der Waals surface area contributed by atoms with E-state index in [-0.39, 0.29) is 5.59 Å². The van der Waals surface area contributed by atoms with Crippen LogP contribution >= 0.6 is 0 Å². The molecule has 2 aromatic heterocycles. The molecule has 2 aromatic rings. The van der Waals surface area contributed by atoms with Gasteiger partial charge in [-0.2, -0.15) is 0 Å². The van der Waals surface area contributed by atoms with Gasteiger partial charge < -0.3 is 14.8 Å². The van der Waals surface area contributed by atoms with E-state index in [0.29, 0.717) is 10.9 Å². The van der Waals surface area contributed by atoms with Crippen LogP contribution in [0.3, 0.4) is 0 Å². The maximum Gasteiger partial charge on any atom is 0.506 e. The number of nitrogens with zero attached hydrogens (tertiary/aromatic N) is 2. The molecular formula is C12H15BN2O4. The Morgan fingerprint density at radius 2 is 2.11 bits per heavy atom. The zero-order valence-electron chi connectivity index (χ0n) is 11.0. The summed E-state index contributed by atoms with van der Waals surface area (Å²) in [4.78, 5) is 16.1. The summed E-state index contributed by atoms with van der Waals surface area (Å²) in [6.45, 7) is 5.23. The lowest BCUT2D eigenvalue weighted by atomic mass is 9.86. The van der Waals surface area contributed by atoms with Gasteiger partial charge in [-0.25, -0.2) is 4.79 Å². The minimum absolute atomic E-state index is 0.0530. The topological polar surface area (TPSA) is 84.6 Å². The zero-order chi connectivity index (χ0) is 14.2. The van der Waals surface area contributed by atoms with Crippen LogP contribution in [0.1, 0.15) is 20.8 Å². The van der Waals surface area contributed by atoms with Gasteiger partial charge >= 0.3 is 13.2 Å². The average molecular weight is 262 g/mol. The van der Waals surface area contributed by atoms with Gasteiger partial charge in [-0.1, -0.05) is 0 Å². The molecule has 0 aliphatic rings. The van der Waals surface area contributed by atoms with Crippen LogP contribution in [-0.4, -0.2) is 38.4 Å². The first-order valence-electron chi connectivity index (χ1n) is 5.84. The Hall–Kier alpha value is -1.86. The molecule has 0 aromatic carbocycles. The first kappa shape index (κ1) is 13.6. The molecule has 2 rings (SSSR count). The fraction of sp³-hybridized carbons (Fsp3) is 0.333. The molecule has 2 N–H and O–H groups in total. The van der Waals surface area contributed by atoms with Crippen LogP contribution in [-0.2, 0) is 4.74 Å². The van der Waals surface area contributed by atoms with Crippen molar-refractivity contribution in [2.24, 2.45) is 0 Å². The second-order valence-corrected chi connectivity index (χ2v) is 5.19. The summed E-state index contributed by atoms with van der Waals surface area (Å²) < 4.78 is 6.41. The van der Waals surface area contributed by atoms with Gasteiger partial charge in [0.25, 0.3) is 0 Å². The van der Waals surface area contributed by atoms with Crippen LogP contribution in [0, 0.1) is 0 Å². The molecule has 7 heteroatoms. The highest BCUT2D eigenvalue weighted by Gasteiger charge is 2.26. The Bertz CT molecular complexity index is 616. The molecule has 6 nitrogen and oxygen atoms in total. The number of carbonyl (C=O) groups is 1. The molecule has 0 aliphatic carbocycles. The number of hydrogen-bond donors (Lipinski definition) is 2. The van der Waals surface area contributed by atoms with Crippen molar-refractivity contribution in [2.75, 3.05) is 0 Å². The highest BCUT2D eigenvalue weighted by molar-refractivity contribution is 6.59. The summed E-state index contributed by atoms with van der Waals surface area (Å²) in [5.41, 5.74) is -0.0946. The van der Waals surface area contributed by atoms with Crippen LogP contribution in [0.15, 0.2) is 24.5 Å². The predicted molar refractivity (Wildman–Crippen MR) is 71.2 cm³/mol. The lowest BCUT2D eigenvalue weighted by Gasteiger charge is -2.20. The van der Waals surface area contributed by atoms with E-state index in [9.17, 15) is 14.8 Å². The summed E-state index contributed by atoms with van der Waals surface area (Å²) in [5.74, 6) is 0. The number of rotatable bonds is 1. The summed E-state index contributed by atoms with van der Waals surface area (Å²) in [6.07, 6.45) is 2.41. The smallest absolute Gasteiger partial charge is 0.443 e. The zero-order valence-corrected chi connectivity index (χ0v) is 11.0. The van der Waals surface area contributed by atoms with Crippen LogP contribution in [0.2, 0.25) is 0 Å². The normalized spacial score (nSPS) is 11.6. The van der Waals surface area contributed by atoms with Crippen LogP contribution in [0.25, 0.3) is 10.9 Å². The fourth-order valence-electron chi connectivity index (χ4n) is 1.78. The third-order valence-electron chi connectivity index (χ3n) is 2.47. The van der Waals surface area contributed by atoms with Crippen molar-refractivity contribution < 1.29 is 19.6 Å². The average Bonchev–Trinajstić information content (AvgIpc) is 2.65. The molecule has 0 atom stereocenters. The van der Waals surface area contributed by atoms with E-state index in [4.69, 9.17) is 4.74 Å². The first-order chi connectivity index (χ1) is 8.79. The predicted octanol–water partition coefficient (Wildman–Crippen LogP) is 0.499. The first-order valence-corrected chi connectivity index (χ1v) is 5.84. The molecule has 0 saturated carbocycles. The second kappa shape index (κ2) is 4.67. The number of ether oxygens (including phenoxy) is 1. The van der Waals surface area contributed by atoms with Crippen LogP contribution in [0.5, 0.6) is 0 Å². The Morgan fingerprint density at radius 3 is 2.68 bits per heavy atom. The van der Waals surface area contributed by atoms with Crippen molar-refractivity contribution in [3.63, 3.8) is 0 Å². The lowest BCUT2D eigenvalue weighted by Crippen LogP contribution is -2.40. The molecule has 0 bridgehead atoms. The summed E-state index contributed by atoms with van der Waals surface area (Å²) in [5, 5.41) is 19.4. The number of hydrogen-bond acceptors (Lipinski definition) is 5. The molecule has 0 aliphatic heterocycles. The number of fused-ring (bicyclic) bond motifs is 1. The van der Waals surface area contributed by atoms with Gasteiger partial charge in [0.05, 0.1) is 11.1 Å². The molecule has 100 valence electrons. The van der Waals surface area contributed by atoms with Crippen molar-refractivity contribution in [3.05, 3.63) is 24.5 Å². The minimum atomic E-state index is -1.76. The van der Waals surface area contributed by atoms with Crippen molar-refractivity contribution >= 4 is 29.7 Å². The van der Waals surface area contributed by atoms with Crippen molar-refractivity contribution in [1.82, 2.24) is 9.55 Å². The Kier molecular flexibility index (Phi) is 3.34. The number of carbonyl (C=O) groups excluding carboxylic acids is 1. The van der Waals surface area contributed by atoms with E-state index in [1.165, 1.54) is 12.3 Å². The summed E-state index contributed by atoms with van der Waals surface area (Å²) in [6, 6.07) is 3.11. The second-order valence-electron chi connectivity index (χ2n) is 5.19. The van der Waals surface area contributed by atoms with E-state index in [1.807, 2.05) is 0 Å². The molecular weight excluding hydrogens is 247 g/mol. The largest absolute Gasteiger partial charge is 0.506 e. The van der Waals surface area contributed by atoms with Crippen molar-refractivity contribution in [3.8, 4) is 0 Å². The lowest BCUT2D eigenvalue weighted by molar-refractivity contribution is 0.0547. The van der Waals surface area contributed by atoms with Crippen LogP contribution in [0.4, 0.5) is 4.79 Å². The van der Waals surface area contributed by atoms with E-state index >= 15 is 0 Å². The molecule has 0 saturated heterocycles. The molecule has 2 heterocycles. The van der Waals surface area contributed by atoms with E-state index in [1.54, 1.807) is 33.0 Å². The number of pyridine rings is 1. The molecule has 0 unspecified atom stereocenters. The Balaban J connectivity index is 2.56. The molecule has 0 spiro atoms. The van der Waals surface area contributed by atoms with Crippen LogP contribution < -0.4 is 5.59 Å². The van der Waals surface area contributed by atoms with Gasteiger partial charge in [-0.15, -0.1) is 0 Å². The van der Waals surface area contributed by atoms with E-state index in [0.717, 1.165) is 4.57 Å².